The zero-order valence-corrected chi connectivity index (χ0v) is 9.44. The lowest BCUT2D eigenvalue weighted by molar-refractivity contribution is 0.335. The highest BCUT2D eigenvalue weighted by Crippen LogP contribution is 2.53. The lowest BCUT2D eigenvalue weighted by Gasteiger charge is -2.23. The van der Waals surface area contributed by atoms with E-state index in [-0.39, 0.29) is 0 Å². The topological polar surface area (TPSA) is 12.5 Å². The number of hydrogen-bond acceptors (Lipinski definition) is 2. The summed E-state index contributed by atoms with van der Waals surface area (Å²) in [6, 6.07) is 8.23. The highest BCUT2D eigenvalue weighted by Gasteiger charge is 2.31. The quantitative estimate of drug-likeness (QED) is 0.659. The summed E-state index contributed by atoms with van der Waals surface area (Å²) in [7, 11) is 3.98. The van der Waals surface area contributed by atoms with Gasteiger partial charge >= 0.3 is 0 Å². The maximum absolute atomic E-state index is 5.72. The predicted octanol–water partition coefficient (Wildman–Crippen LogP) is 1.71. The van der Waals surface area contributed by atoms with E-state index < -0.39 is 6.42 Å². The smallest absolute Gasteiger partial charge is 0.161 e. The Morgan fingerprint density at radius 3 is 2.77 bits per heavy atom. The zero-order chi connectivity index (χ0) is 9.47. The van der Waals surface area contributed by atoms with Crippen LogP contribution in [0.5, 0.6) is 0 Å². The Hall–Kier alpha value is -0.210. The molecule has 0 aliphatic carbocycles. The molecule has 0 amide bonds. The third-order valence-electron chi connectivity index (χ3n) is 2.22. The van der Waals surface area contributed by atoms with Crippen LogP contribution in [-0.4, -0.2) is 18.8 Å². The van der Waals surface area contributed by atoms with Crippen LogP contribution in [-0.2, 0) is 22.9 Å². The van der Waals surface area contributed by atoms with Gasteiger partial charge in [0.2, 0.25) is 0 Å². The lowest BCUT2D eigenvalue weighted by atomic mass is 10.2. The van der Waals surface area contributed by atoms with E-state index in [4.69, 9.17) is 16.3 Å². The van der Waals surface area contributed by atoms with Crippen LogP contribution in [0.1, 0.15) is 5.56 Å². The molecule has 2 nitrogen and oxygen atoms in total. The molecule has 1 heterocycles. The van der Waals surface area contributed by atoms with Crippen LogP contribution in [0.15, 0.2) is 24.3 Å². The summed E-state index contributed by atoms with van der Waals surface area (Å²) in [6.07, 6.45) is -1.87. The number of fused-ring (bicyclic) bond motifs is 1. The van der Waals surface area contributed by atoms with E-state index >= 15 is 0 Å². The van der Waals surface area contributed by atoms with E-state index in [1.807, 2.05) is 30.9 Å². The first-order chi connectivity index (χ1) is 6.14. The summed E-state index contributed by atoms with van der Waals surface area (Å²) in [5.41, 5.74) is 1.25. The number of nitrogens with zero attached hydrogens (tertiary/aromatic N) is 1. The van der Waals surface area contributed by atoms with Crippen LogP contribution in [0.2, 0.25) is 0 Å². The van der Waals surface area contributed by atoms with Crippen molar-refractivity contribution < 1.29 is 4.52 Å². The molecule has 0 radical (unpaired) electrons. The van der Waals surface area contributed by atoms with E-state index in [2.05, 4.69) is 12.1 Å². The molecule has 13 heavy (non-hydrogen) atoms. The molecule has 0 saturated heterocycles. The van der Waals surface area contributed by atoms with Crippen LogP contribution in [0.25, 0.3) is 0 Å². The van der Waals surface area contributed by atoms with Gasteiger partial charge in [0.1, 0.15) is 0 Å². The van der Waals surface area contributed by atoms with Crippen molar-refractivity contribution in [2.45, 2.75) is 6.61 Å². The van der Waals surface area contributed by atoms with E-state index in [9.17, 15) is 0 Å². The summed E-state index contributed by atoms with van der Waals surface area (Å²) in [5.74, 6) is 0. The monoisotopic (exact) mass is 213 g/mol. The average Bonchev–Trinajstić information content (AvgIpc) is 2.47. The van der Waals surface area contributed by atoms with Gasteiger partial charge in [-0.2, -0.15) is 0 Å². The molecule has 4 heteroatoms. The van der Waals surface area contributed by atoms with Crippen molar-refractivity contribution in [3.8, 4) is 0 Å². The Balaban J connectivity index is 2.55. The van der Waals surface area contributed by atoms with E-state index in [0.29, 0.717) is 6.61 Å². The normalized spacial score (nSPS) is 26.4. The van der Waals surface area contributed by atoms with Crippen molar-refractivity contribution in [2.24, 2.45) is 0 Å². The van der Waals surface area contributed by atoms with Gasteiger partial charge in [-0.3, -0.25) is 4.67 Å². The highest BCUT2D eigenvalue weighted by atomic mass is 32.4. The summed E-state index contributed by atoms with van der Waals surface area (Å²) < 4.78 is 7.76. The zero-order valence-electron chi connectivity index (χ0n) is 7.73. The Morgan fingerprint density at radius 1 is 1.38 bits per heavy atom. The van der Waals surface area contributed by atoms with Crippen molar-refractivity contribution in [3.63, 3.8) is 0 Å². The molecule has 1 aromatic rings. The van der Waals surface area contributed by atoms with Crippen molar-refractivity contribution in [2.75, 3.05) is 14.1 Å². The first-order valence-corrected chi connectivity index (χ1v) is 6.83. The molecular weight excluding hydrogens is 201 g/mol. The first-order valence-electron chi connectivity index (χ1n) is 4.15. The molecule has 1 aliphatic rings. The van der Waals surface area contributed by atoms with Crippen molar-refractivity contribution in [1.82, 2.24) is 4.67 Å². The predicted molar refractivity (Wildman–Crippen MR) is 58.8 cm³/mol. The maximum atomic E-state index is 5.72. The first kappa shape index (κ1) is 9.35. The Morgan fingerprint density at radius 2 is 2.08 bits per heavy atom. The molecule has 1 aliphatic heterocycles. The fraction of sp³-hybridized carbons (Fsp3) is 0.333. The molecule has 1 unspecified atom stereocenters. The second-order valence-corrected chi connectivity index (χ2v) is 7.34. The van der Waals surface area contributed by atoms with Gasteiger partial charge in [0.25, 0.3) is 0 Å². The minimum absolute atomic E-state index is 0.672. The molecule has 1 atom stereocenters. The van der Waals surface area contributed by atoms with Gasteiger partial charge in [-0.15, -0.1) is 0 Å². The third-order valence-corrected chi connectivity index (χ3v) is 6.68. The Bertz CT molecular complexity index is 378. The SMILES string of the molecule is CN(C)P1(=S)OCc2ccccc21. The van der Waals surface area contributed by atoms with Gasteiger partial charge in [0.05, 0.1) is 6.61 Å². The van der Waals surface area contributed by atoms with E-state index in [0.717, 1.165) is 0 Å². The summed E-state index contributed by atoms with van der Waals surface area (Å²) in [4.78, 5) is 0. The largest absolute Gasteiger partial charge is 0.330 e. The Kier molecular flexibility index (Phi) is 2.28. The minimum Gasteiger partial charge on any atom is -0.330 e. The molecule has 2 rings (SSSR count). The maximum Gasteiger partial charge on any atom is 0.161 e. The molecular formula is C9H12NOPS. The molecule has 0 fully saturated rings. The molecule has 0 N–H and O–H groups in total. The van der Waals surface area contributed by atoms with Gasteiger partial charge in [-0.05, 0) is 37.5 Å². The molecule has 0 bridgehead atoms. The third kappa shape index (κ3) is 1.36. The molecule has 0 aromatic heterocycles. The molecule has 1 aromatic carbocycles. The highest BCUT2D eigenvalue weighted by molar-refractivity contribution is 8.14. The summed E-state index contributed by atoms with van der Waals surface area (Å²) in [6.45, 7) is 0.672. The number of rotatable bonds is 1. The van der Waals surface area contributed by atoms with Crippen LogP contribution < -0.4 is 5.30 Å². The van der Waals surface area contributed by atoms with Crippen LogP contribution >= 0.6 is 6.42 Å². The van der Waals surface area contributed by atoms with Gasteiger partial charge in [0, 0.05) is 5.30 Å². The fourth-order valence-electron chi connectivity index (χ4n) is 1.47. The van der Waals surface area contributed by atoms with Gasteiger partial charge in [0.15, 0.2) is 6.42 Å². The second-order valence-electron chi connectivity index (χ2n) is 3.27. The minimum atomic E-state index is -1.87. The average molecular weight is 213 g/mol. The summed E-state index contributed by atoms with van der Waals surface area (Å²) in [5, 5.41) is 1.22. The van der Waals surface area contributed by atoms with Gasteiger partial charge in [-0.1, -0.05) is 18.2 Å². The van der Waals surface area contributed by atoms with E-state index in [1.54, 1.807) is 0 Å². The van der Waals surface area contributed by atoms with Crippen LogP contribution in [0, 0.1) is 0 Å². The molecule has 0 saturated carbocycles. The van der Waals surface area contributed by atoms with Gasteiger partial charge < -0.3 is 4.52 Å². The molecule has 0 spiro atoms. The van der Waals surface area contributed by atoms with Crippen LogP contribution in [0.4, 0.5) is 0 Å². The van der Waals surface area contributed by atoms with Crippen molar-refractivity contribution in [1.29, 1.82) is 0 Å². The number of hydrogen-bond donors (Lipinski definition) is 0. The van der Waals surface area contributed by atoms with Crippen molar-refractivity contribution in [3.05, 3.63) is 29.8 Å². The standard InChI is InChI=1S/C9H12NOPS/c1-10(2)12(13)9-6-4-3-5-8(9)7-11-12/h3-6H,7H2,1-2H3. The summed E-state index contributed by atoms with van der Waals surface area (Å²) >= 11 is 5.56. The fourth-order valence-corrected chi connectivity index (χ4v) is 4.05. The van der Waals surface area contributed by atoms with Crippen molar-refractivity contribution >= 4 is 23.5 Å². The Labute approximate surface area is 83.7 Å². The van der Waals surface area contributed by atoms with Crippen LogP contribution in [0.3, 0.4) is 0 Å². The molecule has 70 valence electrons. The second kappa shape index (κ2) is 3.18. The van der Waals surface area contributed by atoms with E-state index in [1.165, 1.54) is 10.9 Å². The lowest BCUT2D eigenvalue weighted by Crippen LogP contribution is -2.16. The van der Waals surface area contributed by atoms with Gasteiger partial charge in [-0.25, -0.2) is 0 Å². The number of benzene rings is 1.